The van der Waals surface area contributed by atoms with Crippen molar-refractivity contribution in [2.45, 2.75) is 71.5 Å². The highest BCUT2D eigenvalue weighted by molar-refractivity contribution is 4.81. The Morgan fingerprint density at radius 1 is 1.14 bits per heavy atom. The van der Waals surface area contributed by atoms with Crippen molar-refractivity contribution in [3.63, 3.8) is 0 Å². The maximum absolute atomic E-state index is 6.19. The highest BCUT2D eigenvalue weighted by Gasteiger charge is 2.22. The summed E-state index contributed by atoms with van der Waals surface area (Å²) >= 11 is 0. The number of hydrogen-bond acceptors (Lipinski definition) is 2. The molecule has 0 aromatic rings. The summed E-state index contributed by atoms with van der Waals surface area (Å²) in [5, 5.41) is 0. The van der Waals surface area contributed by atoms with Crippen LogP contribution >= 0.6 is 0 Å². The zero-order valence-corrected chi connectivity index (χ0v) is 10.6. The zero-order chi connectivity index (χ0) is 11.1. The van der Waals surface area contributed by atoms with Gasteiger partial charge in [0.25, 0.3) is 0 Å². The molecule has 0 aliphatic heterocycles. The lowest BCUT2D eigenvalue weighted by atomic mass is 9.99. The van der Waals surface area contributed by atoms with E-state index in [1.54, 1.807) is 0 Å². The third-order valence-corrected chi connectivity index (χ3v) is 3.34. The van der Waals surface area contributed by atoms with Crippen molar-refractivity contribution < 1.29 is 0 Å². The Balaban J connectivity index is 4.23. The largest absolute Gasteiger partial charge is 0.326 e. The van der Waals surface area contributed by atoms with Crippen LogP contribution in [0.4, 0.5) is 0 Å². The monoisotopic (exact) mass is 200 g/mol. The van der Waals surface area contributed by atoms with Crippen molar-refractivity contribution in [1.82, 2.24) is 4.90 Å². The summed E-state index contributed by atoms with van der Waals surface area (Å²) in [6.07, 6.45) is 4.68. The molecular weight excluding hydrogens is 172 g/mol. The second-order valence-electron chi connectivity index (χ2n) is 4.35. The van der Waals surface area contributed by atoms with E-state index in [0.717, 1.165) is 12.8 Å². The maximum atomic E-state index is 6.19. The van der Waals surface area contributed by atoms with Crippen LogP contribution in [-0.4, -0.2) is 30.1 Å². The van der Waals surface area contributed by atoms with Gasteiger partial charge in [-0.15, -0.1) is 0 Å². The van der Waals surface area contributed by atoms with Crippen LogP contribution in [0.1, 0.15) is 53.4 Å². The summed E-state index contributed by atoms with van der Waals surface area (Å²) in [6.45, 7) is 8.95. The van der Waals surface area contributed by atoms with Crippen molar-refractivity contribution in [3.8, 4) is 0 Å². The normalized spacial score (nSPS) is 18.2. The predicted molar refractivity (Wildman–Crippen MR) is 64.5 cm³/mol. The fourth-order valence-electron chi connectivity index (χ4n) is 2.03. The Bertz CT molecular complexity index is 136. The van der Waals surface area contributed by atoms with Gasteiger partial charge in [0.1, 0.15) is 0 Å². The summed E-state index contributed by atoms with van der Waals surface area (Å²) in [5.74, 6) is 0. The molecule has 0 spiro atoms. The summed E-state index contributed by atoms with van der Waals surface area (Å²) in [4.78, 5) is 2.44. The quantitative estimate of drug-likeness (QED) is 0.684. The Morgan fingerprint density at radius 3 is 2.07 bits per heavy atom. The molecule has 0 aliphatic carbocycles. The second kappa shape index (κ2) is 7.24. The van der Waals surface area contributed by atoms with Crippen molar-refractivity contribution in [2.75, 3.05) is 7.05 Å². The number of rotatable bonds is 7. The highest BCUT2D eigenvalue weighted by atomic mass is 15.2. The lowest BCUT2D eigenvalue weighted by molar-refractivity contribution is 0.148. The van der Waals surface area contributed by atoms with E-state index in [1.807, 2.05) is 0 Å². The van der Waals surface area contributed by atoms with Crippen LogP contribution in [0.3, 0.4) is 0 Å². The molecule has 14 heavy (non-hydrogen) atoms. The number of nitrogens with zero attached hydrogens (tertiary/aromatic N) is 1. The van der Waals surface area contributed by atoms with Gasteiger partial charge in [0.15, 0.2) is 0 Å². The van der Waals surface area contributed by atoms with E-state index in [-0.39, 0.29) is 0 Å². The standard InChI is InChI=1S/C12H28N2/c1-6-9-11(13)12(8-3)14(5)10(4)7-2/h10-12H,6-9,13H2,1-5H3. The van der Waals surface area contributed by atoms with E-state index in [0.29, 0.717) is 18.1 Å². The smallest absolute Gasteiger partial charge is 0.0244 e. The number of hydrogen-bond donors (Lipinski definition) is 1. The van der Waals surface area contributed by atoms with E-state index in [9.17, 15) is 0 Å². The van der Waals surface area contributed by atoms with Gasteiger partial charge in [-0.05, 0) is 33.2 Å². The molecule has 0 fully saturated rings. The van der Waals surface area contributed by atoms with E-state index >= 15 is 0 Å². The lowest BCUT2D eigenvalue weighted by Gasteiger charge is -2.36. The van der Waals surface area contributed by atoms with Crippen LogP contribution in [0.2, 0.25) is 0 Å². The van der Waals surface area contributed by atoms with Gasteiger partial charge in [0.2, 0.25) is 0 Å². The molecular formula is C12H28N2. The minimum absolute atomic E-state index is 0.337. The van der Waals surface area contributed by atoms with Crippen LogP contribution in [0, 0.1) is 0 Å². The molecule has 0 saturated heterocycles. The molecule has 0 rings (SSSR count). The first kappa shape index (κ1) is 13.9. The van der Waals surface area contributed by atoms with E-state index in [1.165, 1.54) is 12.8 Å². The van der Waals surface area contributed by atoms with Crippen molar-refractivity contribution in [3.05, 3.63) is 0 Å². The molecule has 0 bridgehead atoms. The molecule has 2 N–H and O–H groups in total. The Morgan fingerprint density at radius 2 is 1.71 bits per heavy atom. The van der Waals surface area contributed by atoms with Crippen molar-refractivity contribution in [1.29, 1.82) is 0 Å². The summed E-state index contributed by atoms with van der Waals surface area (Å²) < 4.78 is 0. The molecule has 0 amide bonds. The molecule has 0 saturated carbocycles. The van der Waals surface area contributed by atoms with Gasteiger partial charge in [0.05, 0.1) is 0 Å². The van der Waals surface area contributed by atoms with Gasteiger partial charge >= 0.3 is 0 Å². The van der Waals surface area contributed by atoms with Gasteiger partial charge in [-0.2, -0.15) is 0 Å². The molecule has 3 unspecified atom stereocenters. The molecule has 2 nitrogen and oxygen atoms in total. The summed E-state index contributed by atoms with van der Waals surface area (Å²) in [6, 6.07) is 1.52. The Kier molecular flexibility index (Phi) is 7.20. The number of likely N-dealkylation sites (N-methyl/N-ethyl adjacent to an activating group) is 1. The van der Waals surface area contributed by atoms with Gasteiger partial charge in [-0.3, -0.25) is 4.90 Å². The topological polar surface area (TPSA) is 29.3 Å². The summed E-state index contributed by atoms with van der Waals surface area (Å²) in [5.41, 5.74) is 6.19. The highest BCUT2D eigenvalue weighted by Crippen LogP contribution is 2.14. The van der Waals surface area contributed by atoms with Crippen LogP contribution in [-0.2, 0) is 0 Å². The third-order valence-electron chi connectivity index (χ3n) is 3.34. The first-order valence-electron chi connectivity index (χ1n) is 6.05. The lowest BCUT2D eigenvalue weighted by Crippen LogP contribution is -2.48. The third kappa shape index (κ3) is 3.97. The van der Waals surface area contributed by atoms with Gasteiger partial charge in [0, 0.05) is 18.1 Å². The van der Waals surface area contributed by atoms with Crippen LogP contribution < -0.4 is 5.73 Å². The molecule has 0 radical (unpaired) electrons. The molecule has 2 heteroatoms. The number of nitrogens with two attached hydrogens (primary N) is 1. The average molecular weight is 200 g/mol. The molecule has 0 aromatic heterocycles. The molecule has 0 heterocycles. The fraction of sp³-hybridized carbons (Fsp3) is 1.00. The minimum atomic E-state index is 0.337. The first-order valence-corrected chi connectivity index (χ1v) is 6.05. The zero-order valence-electron chi connectivity index (χ0n) is 10.6. The molecule has 0 aliphatic rings. The first-order chi connectivity index (χ1) is 6.58. The van der Waals surface area contributed by atoms with E-state index in [4.69, 9.17) is 5.73 Å². The van der Waals surface area contributed by atoms with Crippen LogP contribution in [0.25, 0.3) is 0 Å². The predicted octanol–water partition coefficient (Wildman–Crippen LogP) is 2.62. The van der Waals surface area contributed by atoms with Gasteiger partial charge < -0.3 is 5.73 Å². The maximum Gasteiger partial charge on any atom is 0.0244 e. The van der Waals surface area contributed by atoms with E-state index in [2.05, 4.69) is 39.6 Å². The van der Waals surface area contributed by atoms with Crippen molar-refractivity contribution in [2.24, 2.45) is 5.73 Å². The van der Waals surface area contributed by atoms with Gasteiger partial charge in [-0.1, -0.05) is 27.2 Å². The summed E-state index contributed by atoms with van der Waals surface area (Å²) in [7, 11) is 2.21. The van der Waals surface area contributed by atoms with Gasteiger partial charge in [-0.25, -0.2) is 0 Å². The van der Waals surface area contributed by atoms with E-state index < -0.39 is 0 Å². The second-order valence-corrected chi connectivity index (χ2v) is 4.35. The molecule has 86 valence electrons. The molecule has 3 atom stereocenters. The van der Waals surface area contributed by atoms with Crippen LogP contribution in [0.15, 0.2) is 0 Å². The molecule has 0 aromatic carbocycles. The SMILES string of the molecule is CCCC(N)C(CC)N(C)C(C)CC. The van der Waals surface area contributed by atoms with Crippen molar-refractivity contribution >= 4 is 0 Å². The average Bonchev–Trinajstić information content (AvgIpc) is 2.18. The van der Waals surface area contributed by atoms with Crippen LogP contribution in [0.5, 0.6) is 0 Å². The minimum Gasteiger partial charge on any atom is -0.326 e. The fourth-order valence-corrected chi connectivity index (χ4v) is 2.03. The Labute approximate surface area is 89.9 Å². The Hall–Kier alpha value is -0.0800.